The van der Waals surface area contributed by atoms with Crippen LogP contribution in [-0.4, -0.2) is 19.1 Å². The van der Waals surface area contributed by atoms with Crippen molar-refractivity contribution in [2.75, 3.05) is 0 Å². The highest BCUT2D eigenvalue weighted by Crippen LogP contribution is 2.43. The van der Waals surface area contributed by atoms with Gasteiger partial charge in [-0.15, -0.1) is 0 Å². The van der Waals surface area contributed by atoms with Gasteiger partial charge in [0.15, 0.2) is 5.82 Å². The molecule has 4 aromatic heterocycles. The highest BCUT2D eigenvalue weighted by atomic mass is 16.3. The standard InChI is InChI=1S/C58H36N4O/c1-5-16-37(17-6-1)55-57-56(60-58(59-55)38-18-7-2-8-19-38)47-36-41(29-32-51(47)62(57)43-22-11-4-12-23-43)44-25-15-27-53-54(44)48-35-40(30-33-52(48)63-53)39-28-31-50-46(34-39)45-24-13-14-26-49(45)61(50)42-20-9-3-10-21-42/h1-36H. The maximum Gasteiger partial charge on any atom is 0.160 e. The lowest BCUT2D eigenvalue weighted by atomic mass is 9.96. The zero-order valence-corrected chi connectivity index (χ0v) is 34.0. The van der Waals surface area contributed by atoms with E-state index in [9.17, 15) is 0 Å². The highest BCUT2D eigenvalue weighted by Gasteiger charge is 2.23. The molecule has 0 spiro atoms. The molecular formula is C58H36N4O. The van der Waals surface area contributed by atoms with Crippen LogP contribution in [0.4, 0.5) is 0 Å². The van der Waals surface area contributed by atoms with E-state index in [-0.39, 0.29) is 0 Å². The number of para-hydroxylation sites is 3. The summed E-state index contributed by atoms with van der Waals surface area (Å²) in [5.41, 5.74) is 16.6. The van der Waals surface area contributed by atoms with Crippen molar-refractivity contribution in [3.05, 3.63) is 218 Å². The fourth-order valence-electron chi connectivity index (χ4n) is 9.68. The van der Waals surface area contributed by atoms with Gasteiger partial charge >= 0.3 is 0 Å². The van der Waals surface area contributed by atoms with Crippen molar-refractivity contribution in [2.45, 2.75) is 0 Å². The van der Waals surface area contributed by atoms with Gasteiger partial charge in [0.05, 0.1) is 27.8 Å². The molecule has 0 radical (unpaired) electrons. The SMILES string of the molecule is c1ccc(-c2nc(-c3ccccc3)c3c(n2)c2cc(-c4cccc5oc6ccc(-c7ccc8c(c7)c7ccccc7n8-c7ccccc7)cc6c45)ccc2n3-c2ccccc2)cc1. The van der Waals surface area contributed by atoms with Crippen LogP contribution in [0.15, 0.2) is 223 Å². The van der Waals surface area contributed by atoms with Gasteiger partial charge < -0.3 is 13.6 Å². The molecule has 0 amide bonds. The molecule has 0 aliphatic carbocycles. The van der Waals surface area contributed by atoms with Crippen LogP contribution in [0.1, 0.15) is 0 Å². The van der Waals surface area contributed by atoms with Crippen LogP contribution in [0.25, 0.3) is 122 Å². The number of rotatable bonds is 6. The second kappa shape index (κ2) is 14.0. The van der Waals surface area contributed by atoms with Gasteiger partial charge in [-0.25, -0.2) is 9.97 Å². The van der Waals surface area contributed by atoms with Crippen molar-refractivity contribution in [3.63, 3.8) is 0 Å². The smallest absolute Gasteiger partial charge is 0.160 e. The number of nitrogens with zero attached hydrogens (tertiary/aromatic N) is 4. The summed E-state index contributed by atoms with van der Waals surface area (Å²) in [6.45, 7) is 0. The highest BCUT2D eigenvalue weighted by molar-refractivity contribution is 6.17. The van der Waals surface area contributed by atoms with Gasteiger partial charge in [0.2, 0.25) is 0 Å². The largest absolute Gasteiger partial charge is 0.456 e. The first-order valence-corrected chi connectivity index (χ1v) is 21.3. The van der Waals surface area contributed by atoms with Crippen molar-refractivity contribution < 1.29 is 4.42 Å². The van der Waals surface area contributed by atoms with E-state index >= 15 is 0 Å². The van der Waals surface area contributed by atoms with Gasteiger partial charge in [0.25, 0.3) is 0 Å². The third kappa shape index (κ3) is 5.57. The third-order valence-corrected chi connectivity index (χ3v) is 12.5. The molecule has 13 rings (SSSR count). The Labute approximate surface area is 362 Å². The summed E-state index contributed by atoms with van der Waals surface area (Å²) in [4.78, 5) is 10.7. The van der Waals surface area contributed by atoms with Gasteiger partial charge in [0, 0.05) is 49.4 Å². The molecule has 294 valence electrons. The van der Waals surface area contributed by atoms with Gasteiger partial charge in [-0.3, -0.25) is 0 Å². The van der Waals surface area contributed by atoms with Crippen LogP contribution < -0.4 is 0 Å². The fourth-order valence-corrected chi connectivity index (χ4v) is 9.68. The van der Waals surface area contributed by atoms with Crippen molar-refractivity contribution in [3.8, 4) is 56.3 Å². The molecule has 0 saturated carbocycles. The molecule has 5 heteroatoms. The monoisotopic (exact) mass is 804 g/mol. The molecule has 5 nitrogen and oxygen atoms in total. The van der Waals surface area contributed by atoms with Crippen molar-refractivity contribution in [1.82, 2.24) is 19.1 Å². The molecule has 63 heavy (non-hydrogen) atoms. The van der Waals surface area contributed by atoms with E-state index in [0.29, 0.717) is 5.82 Å². The molecule has 0 N–H and O–H groups in total. The van der Waals surface area contributed by atoms with Crippen molar-refractivity contribution >= 4 is 65.7 Å². The number of fused-ring (bicyclic) bond motifs is 9. The summed E-state index contributed by atoms with van der Waals surface area (Å²) in [5, 5.41) is 5.68. The average Bonchev–Trinajstić information content (AvgIpc) is 4.02. The van der Waals surface area contributed by atoms with Crippen LogP contribution in [0.3, 0.4) is 0 Å². The topological polar surface area (TPSA) is 48.8 Å². The molecule has 9 aromatic carbocycles. The molecule has 0 unspecified atom stereocenters. The van der Waals surface area contributed by atoms with Crippen LogP contribution in [0.5, 0.6) is 0 Å². The Morgan fingerprint density at radius 3 is 1.67 bits per heavy atom. The second-order valence-corrected chi connectivity index (χ2v) is 16.1. The summed E-state index contributed by atoms with van der Waals surface area (Å²) in [6, 6.07) is 77.2. The minimum Gasteiger partial charge on any atom is -0.456 e. The summed E-state index contributed by atoms with van der Waals surface area (Å²) in [7, 11) is 0. The zero-order valence-electron chi connectivity index (χ0n) is 34.0. The van der Waals surface area contributed by atoms with Crippen molar-refractivity contribution in [2.24, 2.45) is 0 Å². The lowest BCUT2D eigenvalue weighted by Gasteiger charge is -2.12. The maximum atomic E-state index is 6.61. The molecule has 0 aliphatic rings. The number of hydrogen-bond acceptors (Lipinski definition) is 3. The Morgan fingerprint density at radius 1 is 0.349 bits per heavy atom. The first kappa shape index (κ1) is 35.2. The predicted octanol–water partition coefficient (Wildman–Crippen LogP) is 15.2. The lowest BCUT2D eigenvalue weighted by molar-refractivity contribution is 0.669. The van der Waals surface area contributed by atoms with E-state index in [1.165, 1.54) is 21.8 Å². The molecule has 0 atom stereocenters. The van der Waals surface area contributed by atoms with Gasteiger partial charge in [-0.1, -0.05) is 146 Å². The number of furan rings is 1. The van der Waals surface area contributed by atoms with Crippen LogP contribution in [0.2, 0.25) is 0 Å². The number of aromatic nitrogens is 4. The van der Waals surface area contributed by atoms with E-state index in [1.54, 1.807) is 0 Å². The molecule has 0 aliphatic heterocycles. The van der Waals surface area contributed by atoms with E-state index in [4.69, 9.17) is 14.4 Å². The van der Waals surface area contributed by atoms with Gasteiger partial charge in [-0.2, -0.15) is 0 Å². The fraction of sp³-hybridized carbons (Fsp3) is 0. The molecule has 0 saturated heterocycles. The Kier molecular flexibility index (Phi) is 7.84. The third-order valence-electron chi connectivity index (χ3n) is 12.5. The van der Waals surface area contributed by atoms with E-state index < -0.39 is 0 Å². The lowest BCUT2D eigenvalue weighted by Crippen LogP contribution is -1.99. The molecular weight excluding hydrogens is 769 g/mol. The minimum atomic E-state index is 0.692. The summed E-state index contributed by atoms with van der Waals surface area (Å²) in [6.07, 6.45) is 0. The second-order valence-electron chi connectivity index (χ2n) is 16.1. The molecule has 13 aromatic rings. The average molecular weight is 805 g/mol. The Morgan fingerprint density at radius 2 is 0.921 bits per heavy atom. The zero-order chi connectivity index (χ0) is 41.4. The van der Waals surface area contributed by atoms with Crippen LogP contribution in [0, 0.1) is 0 Å². The summed E-state index contributed by atoms with van der Waals surface area (Å²) >= 11 is 0. The Balaban J connectivity index is 1.02. The van der Waals surface area contributed by atoms with Crippen molar-refractivity contribution in [1.29, 1.82) is 0 Å². The molecule has 0 bridgehead atoms. The summed E-state index contributed by atoms with van der Waals surface area (Å²) in [5.74, 6) is 0.692. The normalized spacial score (nSPS) is 11.8. The maximum absolute atomic E-state index is 6.61. The summed E-state index contributed by atoms with van der Waals surface area (Å²) < 4.78 is 11.3. The quantitative estimate of drug-likeness (QED) is 0.168. The van der Waals surface area contributed by atoms with Crippen LogP contribution in [-0.2, 0) is 0 Å². The van der Waals surface area contributed by atoms with E-state index in [0.717, 1.165) is 94.3 Å². The Hall–Kier alpha value is -8.54. The first-order chi connectivity index (χ1) is 31.2. The minimum absolute atomic E-state index is 0.692. The molecule has 4 heterocycles. The van der Waals surface area contributed by atoms with E-state index in [1.807, 2.05) is 24.3 Å². The molecule has 0 fully saturated rings. The van der Waals surface area contributed by atoms with Crippen LogP contribution >= 0.6 is 0 Å². The number of hydrogen-bond donors (Lipinski definition) is 0. The van der Waals surface area contributed by atoms with Gasteiger partial charge in [0.1, 0.15) is 16.7 Å². The number of benzene rings is 9. The first-order valence-electron chi connectivity index (χ1n) is 21.3. The predicted molar refractivity (Wildman–Crippen MR) is 260 cm³/mol. The van der Waals surface area contributed by atoms with E-state index in [2.05, 4.69) is 203 Å². The Bertz CT molecular complexity index is 3890. The van der Waals surface area contributed by atoms with Gasteiger partial charge in [-0.05, 0) is 95.1 Å².